The summed E-state index contributed by atoms with van der Waals surface area (Å²) in [5.74, 6) is 0. The first-order chi connectivity index (χ1) is 6.34. The molecule has 4 heteroatoms. The van der Waals surface area contributed by atoms with Crippen molar-refractivity contribution in [3.8, 4) is 0 Å². The second kappa shape index (κ2) is 4.17. The summed E-state index contributed by atoms with van der Waals surface area (Å²) in [6, 6.07) is 0.369. The van der Waals surface area contributed by atoms with Gasteiger partial charge in [0.1, 0.15) is 5.01 Å². The smallest absolute Gasteiger partial charge is 0.107 e. The summed E-state index contributed by atoms with van der Waals surface area (Å²) >= 11 is 1.72. The number of nitrogens with zero attached hydrogens (tertiary/aromatic N) is 2. The standard InChI is InChI=1S/C9H15N3S/c10-8-2-1-4-12(6-8)7-9-11-3-5-13-9/h3,5,8H,1-2,4,6-7,10H2/t8-/m1/s1. The van der Waals surface area contributed by atoms with E-state index in [0.29, 0.717) is 6.04 Å². The highest BCUT2D eigenvalue weighted by molar-refractivity contribution is 7.09. The molecule has 2 N–H and O–H groups in total. The van der Waals surface area contributed by atoms with Gasteiger partial charge < -0.3 is 5.73 Å². The summed E-state index contributed by atoms with van der Waals surface area (Å²) in [5, 5.41) is 3.23. The summed E-state index contributed by atoms with van der Waals surface area (Å²) in [7, 11) is 0. The molecule has 13 heavy (non-hydrogen) atoms. The van der Waals surface area contributed by atoms with Crippen LogP contribution in [0.15, 0.2) is 11.6 Å². The van der Waals surface area contributed by atoms with Gasteiger partial charge in [-0.1, -0.05) is 0 Å². The lowest BCUT2D eigenvalue weighted by atomic mass is 10.1. The van der Waals surface area contributed by atoms with Gasteiger partial charge in [0, 0.05) is 24.2 Å². The molecule has 0 saturated carbocycles. The molecule has 0 aromatic carbocycles. The van der Waals surface area contributed by atoms with Crippen molar-refractivity contribution in [2.45, 2.75) is 25.4 Å². The zero-order valence-corrected chi connectivity index (χ0v) is 8.46. The molecule has 1 saturated heterocycles. The molecule has 1 atom stereocenters. The lowest BCUT2D eigenvalue weighted by molar-refractivity contribution is 0.201. The number of hydrogen-bond acceptors (Lipinski definition) is 4. The molecule has 0 unspecified atom stereocenters. The predicted octanol–water partition coefficient (Wildman–Crippen LogP) is 1.07. The second-order valence-electron chi connectivity index (χ2n) is 3.56. The van der Waals surface area contributed by atoms with Crippen molar-refractivity contribution in [2.75, 3.05) is 13.1 Å². The Kier molecular flexibility index (Phi) is 2.93. The summed E-state index contributed by atoms with van der Waals surface area (Å²) in [4.78, 5) is 6.67. The first kappa shape index (κ1) is 9.12. The molecule has 1 fully saturated rings. The van der Waals surface area contributed by atoms with Gasteiger partial charge in [0.25, 0.3) is 0 Å². The number of thiazole rings is 1. The van der Waals surface area contributed by atoms with Gasteiger partial charge in [-0.3, -0.25) is 4.90 Å². The molecule has 2 heterocycles. The number of aromatic nitrogens is 1. The van der Waals surface area contributed by atoms with Gasteiger partial charge in [0.15, 0.2) is 0 Å². The van der Waals surface area contributed by atoms with E-state index in [-0.39, 0.29) is 0 Å². The van der Waals surface area contributed by atoms with Crippen molar-refractivity contribution in [3.63, 3.8) is 0 Å². The number of likely N-dealkylation sites (tertiary alicyclic amines) is 1. The van der Waals surface area contributed by atoms with Crippen molar-refractivity contribution in [3.05, 3.63) is 16.6 Å². The Morgan fingerprint density at radius 3 is 3.31 bits per heavy atom. The molecule has 3 nitrogen and oxygen atoms in total. The second-order valence-corrected chi connectivity index (χ2v) is 4.54. The van der Waals surface area contributed by atoms with Crippen molar-refractivity contribution < 1.29 is 0 Å². The van der Waals surface area contributed by atoms with Gasteiger partial charge in [0.05, 0.1) is 6.54 Å². The molecule has 1 aromatic heterocycles. The third kappa shape index (κ3) is 2.49. The van der Waals surface area contributed by atoms with E-state index in [4.69, 9.17) is 5.73 Å². The molecular formula is C9H15N3S. The average Bonchev–Trinajstić information content (AvgIpc) is 2.57. The molecule has 1 aromatic rings. The normalized spacial score (nSPS) is 24.8. The lowest BCUT2D eigenvalue weighted by Gasteiger charge is -2.29. The highest BCUT2D eigenvalue weighted by Crippen LogP contribution is 2.13. The molecule has 0 aliphatic carbocycles. The first-order valence-electron chi connectivity index (χ1n) is 4.71. The van der Waals surface area contributed by atoms with Crippen molar-refractivity contribution in [1.29, 1.82) is 0 Å². The van der Waals surface area contributed by atoms with Crippen LogP contribution in [0.1, 0.15) is 17.8 Å². The minimum absolute atomic E-state index is 0.369. The summed E-state index contributed by atoms with van der Waals surface area (Å²) in [6.45, 7) is 3.18. The maximum atomic E-state index is 5.90. The van der Waals surface area contributed by atoms with Gasteiger partial charge in [-0.25, -0.2) is 4.98 Å². The third-order valence-electron chi connectivity index (χ3n) is 2.38. The maximum Gasteiger partial charge on any atom is 0.107 e. The Labute approximate surface area is 82.6 Å². The van der Waals surface area contributed by atoms with Crippen LogP contribution in [0.5, 0.6) is 0 Å². The van der Waals surface area contributed by atoms with Crippen LogP contribution in [-0.4, -0.2) is 29.0 Å². The third-order valence-corrected chi connectivity index (χ3v) is 3.15. The molecule has 1 aliphatic rings. The minimum Gasteiger partial charge on any atom is -0.327 e. The number of piperidine rings is 1. The van der Waals surface area contributed by atoms with E-state index < -0.39 is 0 Å². The van der Waals surface area contributed by atoms with E-state index >= 15 is 0 Å². The highest BCUT2D eigenvalue weighted by atomic mass is 32.1. The Hall–Kier alpha value is -0.450. The van der Waals surface area contributed by atoms with Gasteiger partial charge in [-0.2, -0.15) is 0 Å². The Bertz CT molecular complexity index is 247. The highest BCUT2D eigenvalue weighted by Gasteiger charge is 2.16. The average molecular weight is 197 g/mol. The van der Waals surface area contributed by atoms with Crippen LogP contribution in [0.2, 0.25) is 0 Å². The zero-order chi connectivity index (χ0) is 9.10. The van der Waals surface area contributed by atoms with Crippen LogP contribution in [-0.2, 0) is 6.54 Å². The molecule has 0 bridgehead atoms. The maximum absolute atomic E-state index is 5.90. The van der Waals surface area contributed by atoms with Gasteiger partial charge in [0.2, 0.25) is 0 Å². The fraction of sp³-hybridized carbons (Fsp3) is 0.667. The van der Waals surface area contributed by atoms with E-state index in [0.717, 1.165) is 13.1 Å². The van der Waals surface area contributed by atoms with Crippen LogP contribution >= 0.6 is 11.3 Å². The lowest BCUT2D eigenvalue weighted by Crippen LogP contribution is -2.42. The van der Waals surface area contributed by atoms with Crippen LogP contribution in [0.4, 0.5) is 0 Å². The molecule has 72 valence electrons. The van der Waals surface area contributed by atoms with Crippen molar-refractivity contribution >= 4 is 11.3 Å². The minimum atomic E-state index is 0.369. The summed E-state index contributed by atoms with van der Waals surface area (Å²) in [6.07, 6.45) is 4.27. The Morgan fingerprint density at radius 2 is 2.62 bits per heavy atom. The first-order valence-corrected chi connectivity index (χ1v) is 5.59. The summed E-state index contributed by atoms with van der Waals surface area (Å²) in [5.41, 5.74) is 5.90. The quantitative estimate of drug-likeness (QED) is 0.771. The largest absolute Gasteiger partial charge is 0.327 e. The molecular weight excluding hydrogens is 182 g/mol. The molecule has 2 rings (SSSR count). The molecule has 0 amide bonds. The fourth-order valence-corrected chi connectivity index (χ4v) is 2.41. The zero-order valence-electron chi connectivity index (χ0n) is 7.65. The topological polar surface area (TPSA) is 42.1 Å². The van der Waals surface area contributed by atoms with Crippen molar-refractivity contribution in [1.82, 2.24) is 9.88 Å². The van der Waals surface area contributed by atoms with Gasteiger partial charge in [-0.15, -0.1) is 11.3 Å². The Morgan fingerprint density at radius 1 is 1.69 bits per heavy atom. The van der Waals surface area contributed by atoms with E-state index in [9.17, 15) is 0 Å². The van der Waals surface area contributed by atoms with E-state index in [1.165, 1.54) is 24.4 Å². The van der Waals surface area contributed by atoms with Crippen LogP contribution in [0, 0.1) is 0 Å². The fourth-order valence-electron chi connectivity index (χ4n) is 1.76. The van der Waals surface area contributed by atoms with Crippen molar-refractivity contribution in [2.24, 2.45) is 5.73 Å². The Balaban J connectivity index is 1.87. The monoisotopic (exact) mass is 197 g/mol. The number of rotatable bonds is 2. The molecule has 0 spiro atoms. The van der Waals surface area contributed by atoms with Crippen LogP contribution in [0.25, 0.3) is 0 Å². The number of nitrogens with two attached hydrogens (primary N) is 1. The van der Waals surface area contributed by atoms with Crippen LogP contribution in [0.3, 0.4) is 0 Å². The number of hydrogen-bond donors (Lipinski definition) is 1. The van der Waals surface area contributed by atoms with Gasteiger partial charge in [-0.05, 0) is 19.4 Å². The summed E-state index contributed by atoms with van der Waals surface area (Å²) < 4.78 is 0. The van der Waals surface area contributed by atoms with E-state index in [2.05, 4.69) is 9.88 Å². The SMILES string of the molecule is N[C@@H]1CCCN(Cc2nccs2)C1. The molecule has 0 radical (unpaired) electrons. The van der Waals surface area contributed by atoms with E-state index in [1.807, 2.05) is 11.6 Å². The molecule has 1 aliphatic heterocycles. The van der Waals surface area contributed by atoms with Crippen LogP contribution < -0.4 is 5.73 Å². The predicted molar refractivity (Wildman–Crippen MR) is 54.6 cm³/mol. The van der Waals surface area contributed by atoms with E-state index in [1.54, 1.807) is 11.3 Å². The van der Waals surface area contributed by atoms with Gasteiger partial charge >= 0.3 is 0 Å².